The molecule has 198 valence electrons. The molecule has 0 saturated heterocycles. The number of hydrogen-bond acceptors (Lipinski definition) is 4. The Morgan fingerprint density at radius 1 is 0.949 bits per heavy atom. The van der Waals surface area contributed by atoms with Gasteiger partial charge >= 0.3 is 5.97 Å². The Bertz CT molecular complexity index is 1440. The number of carbonyl (C=O) groups is 1. The molecule has 1 N–H and O–H groups in total. The van der Waals surface area contributed by atoms with Crippen molar-refractivity contribution in [3.63, 3.8) is 0 Å². The van der Waals surface area contributed by atoms with Crippen LogP contribution in [0.2, 0.25) is 0 Å². The Hall–Kier alpha value is -4.22. The second-order valence-corrected chi connectivity index (χ2v) is 9.78. The van der Waals surface area contributed by atoms with Gasteiger partial charge in [-0.2, -0.15) is 5.10 Å². The minimum atomic E-state index is -0.333. The predicted molar refractivity (Wildman–Crippen MR) is 157 cm³/mol. The van der Waals surface area contributed by atoms with Crippen LogP contribution in [0.3, 0.4) is 0 Å². The zero-order valence-electron chi connectivity index (χ0n) is 22.3. The second-order valence-electron chi connectivity index (χ2n) is 9.78. The van der Waals surface area contributed by atoms with Crippen molar-refractivity contribution in [3.05, 3.63) is 120 Å². The molecule has 5 nitrogen and oxygen atoms in total. The van der Waals surface area contributed by atoms with Crippen LogP contribution < -0.4 is 0 Å². The van der Waals surface area contributed by atoms with Crippen molar-refractivity contribution in [2.75, 3.05) is 13.2 Å². The number of esters is 1. The van der Waals surface area contributed by atoms with E-state index in [4.69, 9.17) is 4.74 Å². The van der Waals surface area contributed by atoms with Gasteiger partial charge in [0.2, 0.25) is 0 Å². The largest absolute Gasteiger partial charge is 0.463 e. The van der Waals surface area contributed by atoms with Gasteiger partial charge in [-0.15, -0.1) is 0 Å². The fourth-order valence-electron chi connectivity index (χ4n) is 5.06. The molecular formula is C34H34N2O3. The normalized spacial score (nSPS) is 14.2. The van der Waals surface area contributed by atoms with Crippen molar-refractivity contribution in [1.29, 1.82) is 0 Å². The Morgan fingerprint density at radius 3 is 2.26 bits per heavy atom. The molecule has 1 saturated carbocycles. The third kappa shape index (κ3) is 6.27. The molecule has 1 fully saturated rings. The number of aromatic nitrogens is 2. The fourth-order valence-corrected chi connectivity index (χ4v) is 5.06. The maximum atomic E-state index is 11.8. The summed E-state index contributed by atoms with van der Waals surface area (Å²) in [4.78, 5) is 11.8. The van der Waals surface area contributed by atoms with Gasteiger partial charge in [0.1, 0.15) is 0 Å². The summed E-state index contributed by atoms with van der Waals surface area (Å²) in [7, 11) is 0. The van der Waals surface area contributed by atoms with Gasteiger partial charge in [0.05, 0.1) is 26.0 Å². The lowest BCUT2D eigenvalue weighted by Gasteiger charge is -2.31. The van der Waals surface area contributed by atoms with Gasteiger partial charge in [0, 0.05) is 17.8 Å². The van der Waals surface area contributed by atoms with E-state index in [1.54, 1.807) is 17.7 Å². The lowest BCUT2D eigenvalue weighted by Crippen LogP contribution is -2.15. The SMILES string of the molecule is CCOC(=O)C=Cc1ccc(C(=C(c2ccccc2)C2CCC2)c2ccc(-c3cnn(CCO)c3)cc2)cc1. The van der Waals surface area contributed by atoms with E-state index in [0.29, 0.717) is 19.1 Å². The van der Waals surface area contributed by atoms with Crippen molar-refractivity contribution in [1.82, 2.24) is 9.78 Å². The van der Waals surface area contributed by atoms with Crippen LogP contribution >= 0.6 is 0 Å². The molecule has 0 radical (unpaired) electrons. The summed E-state index contributed by atoms with van der Waals surface area (Å²) in [5.74, 6) is 0.183. The molecule has 1 aliphatic rings. The third-order valence-electron chi connectivity index (χ3n) is 7.23. The summed E-state index contributed by atoms with van der Waals surface area (Å²) in [5.41, 5.74) is 9.28. The van der Waals surface area contributed by atoms with Crippen molar-refractivity contribution in [3.8, 4) is 11.1 Å². The zero-order chi connectivity index (χ0) is 27.0. The molecule has 4 aromatic rings. The molecule has 5 rings (SSSR count). The Balaban J connectivity index is 1.56. The van der Waals surface area contributed by atoms with Crippen LogP contribution in [-0.4, -0.2) is 34.1 Å². The summed E-state index contributed by atoms with van der Waals surface area (Å²) in [5, 5.41) is 13.6. The number of allylic oxidation sites excluding steroid dienone is 1. The van der Waals surface area contributed by atoms with Crippen LogP contribution in [0, 0.1) is 5.92 Å². The summed E-state index contributed by atoms with van der Waals surface area (Å²) in [6, 6.07) is 27.8. The Morgan fingerprint density at radius 2 is 1.64 bits per heavy atom. The van der Waals surface area contributed by atoms with Crippen molar-refractivity contribution in [2.45, 2.75) is 32.7 Å². The van der Waals surface area contributed by atoms with Crippen molar-refractivity contribution < 1.29 is 14.6 Å². The number of nitrogens with zero attached hydrogens (tertiary/aromatic N) is 2. The standard InChI is InChI=1S/C34H34N2O3/c1-2-39-32(38)20-13-25-11-14-29(15-12-25)34(33(28-9-6-10-28)27-7-4-3-5-8-27)30-18-16-26(17-19-30)31-23-35-36(24-31)21-22-37/h3-5,7-8,11-20,23-24,28,37H,2,6,9-10,21-22H2,1H3. The van der Waals surface area contributed by atoms with Crippen LogP contribution in [-0.2, 0) is 16.1 Å². The molecule has 0 aliphatic heterocycles. The van der Waals surface area contributed by atoms with Gasteiger partial charge in [0.15, 0.2) is 0 Å². The minimum Gasteiger partial charge on any atom is -0.463 e. The third-order valence-corrected chi connectivity index (χ3v) is 7.23. The number of hydrogen-bond donors (Lipinski definition) is 1. The maximum absolute atomic E-state index is 11.8. The highest BCUT2D eigenvalue weighted by atomic mass is 16.5. The Kier molecular flexibility index (Phi) is 8.49. The second kappa shape index (κ2) is 12.5. The number of ether oxygens (including phenoxy) is 1. The Labute approximate surface area is 230 Å². The van der Waals surface area contributed by atoms with E-state index in [1.807, 2.05) is 12.4 Å². The van der Waals surface area contributed by atoms with Crippen LogP contribution in [0.1, 0.15) is 48.4 Å². The molecule has 0 unspecified atom stereocenters. The molecule has 0 bridgehead atoms. The molecule has 1 heterocycles. The van der Waals surface area contributed by atoms with E-state index in [-0.39, 0.29) is 12.6 Å². The molecule has 3 aromatic carbocycles. The number of benzene rings is 3. The highest BCUT2D eigenvalue weighted by Crippen LogP contribution is 2.45. The molecule has 1 aromatic heterocycles. The van der Waals surface area contributed by atoms with E-state index in [2.05, 4.69) is 84.0 Å². The summed E-state index contributed by atoms with van der Waals surface area (Å²) in [6.07, 6.45) is 10.7. The number of aliphatic hydroxyl groups is 1. The van der Waals surface area contributed by atoms with E-state index < -0.39 is 0 Å². The molecular weight excluding hydrogens is 484 g/mol. The quantitative estimate of drug-likeness (QED) is 0.141. The average molecular weight is 519 g/mol. The summed E-state index contributed by atoms with van der Waals surface area (Å²) in [6.45, 7) is 2.72. The molecule has 39 heavy (non-hydrogen) atoms. The molecule has 1 aliphatic carbocycles. The van der Waals surface area contributed by atoms with Crippen molar-refractivity contribution in [2.24, 2.45) is 5.92 Å². The van der Waals surface area contributed by atoms with E-state index in [9.17, 15) is 9.90 Å². The summed E-state index contributed by atoms with van der Waals surface area (Å²) >= 11 is 0. The van der Waals surface area contributed by atoms with Crippen LogP contribution in [0.5, 0.6) is 0 Å². The summed E-state index contributed by atoms with van der Waals surface area (Å²) < 4.78 is 6.77. The van der Waals surface area contributed by atoms with Gasteiger partial charge in [-0.3, -0.25) is 4.68 Å². The van der Waals surface area contributed by atoms with Crippen LogP contribution in [0.4, 0.5) is 0 Å². The number of carbonyl (C=O) groups excluding carboxylic acids is 1. The van der Waals surface area contributed by atoms with E-state index in [0.717, 1.165) is 22.3 Å². The molecule has 5 heteroatoms. The first kappa shape index (κ1) is 26.4. The lowest BCUT2D eigenvalue weighted by atomic mass is 9.73. The van der Waals surface area contributed by atoms with Crippen LogP contribution in [0.15, 0.2) is 97.3 Å². The first-order valence-electron chi connectivity index (χ1n) is 13.6. The average Bonchev–Trinajstić information content (AvgIpc) is 3.41. The minimum absolute atomic E-state index is 0.0645. The molecule has 0 atom stereocenters. The molecule has 0 spiro atoms. The number of aliphatic hydroxyl groups excluding tert-OH is 1. The van der Waals surface area contributed by atoms with Crippen molar-refractivity contribution >= 4 is 23.2 Å². The highest BCUT2D eigenvalue weighted by molar-refractivity contribution is 6.00. The van der Waals surface area contributed by atoms with E-state index in [1.165, 1.54) is 47.6 Å². The first-order valence-corrected chi connectivity index (χ1v) is 13.6. The monoisotopic (exact) mass is 518 g/mol. The lowest BCUT2D eigenvalue weighted by molar-refractivity contribution is -0.137. The van der Waals surface area contributed by atoms with Gasteiger partial charge in [-0.25, -0.2) is 4.79 Å². The number of rotatable bonds is 10. The van der Waals surface area contributed by atoms with Gasteiger partial charge < -0.3 is 9.84 Å². The maximum Gasteiger partial charge on any atom is 0.330 e. The molecule has 0 amide bonds. The van der Waals surface area contributed by atoms with Gasteiger partial charge in [-0.05, 0) is 70.7 Å². The first-order chi connectivity index (χ1) is 19.2. The fraction of sp³-hybridized carbons (Fsp3) is 0.235. The predicted octanol–water partition coefficient (Wildman–Crippen LogP) is 6.88. The van der Waals surface area contributed by atoms with Crippen LogP contribution in [0.25, 0.3) is 28.3 Å². The van der Waals surface area contributed by atoms with E-state index >= 15 is 0 Å². The van der Waals surface area contributed by atoms with Gasteiger partial charge in [-0.1, -0.05) is 85.3 Å². The zero-order valence-corrected chi connectivity index (χ0v) is 22.3. The van der Waals surface area contributed by atoms with Gasteiger partial charge in [0.25, 0.3) is 0 Å². The topological polar surface area (TPSA) is 64.3 Å². The smallest absolute Gasteiger partial charge is 0.330 e. The highest BCUT2D eigenvalue weighted by Gasteiger charge is 2.27.